The van der Waals surface area contributed by atoms with Crippen molar-refractivity contribution in [1.82, 2.24) is 10.6 Å². The molecule has 0 spiro atoms. The Morgan fingerprint density at radius 3 is 1.39 bits per heavy atom. The average molecular weight is 522 g/mol. The van der Waals surface area contributed by atoms with E-state index in [4.69, 9.17) is 9.47 Å². The van der Waals surface area contributed by atoms with Crippen LogP contribution in [-0.2, 0) is 19.1 Å². The van der Waals surface area contributed by atoms with Crippen molar-refractivity contribution < 1.29 is 49.1 Å². The van der Waals surface area contributed by atoms with E-state index in [1.165, 1.54) is 24.3 Å². The molecule has 2 aromatic rings. The van der Waals surface area contributed by atoms with Crippen LogP contribution in [0.15, 0.2) is 72.1 Å². The van der Waals surface area contributed by atoms with Crippen LogP contribution in [0, 0.1) is 0 Å². The van der Waals surface area contributed by atoms with Crippen LogP contribution in [0.3, 0.4) is 0 Å². The molecule has 38 heavy (non-hydrogen) atoms. The van der Waals surface area contributed by atoms with Crippen molar-refractivity contribution in [2.45, 2.75) is 36.6 Å². The number of aliphatic hydroxyl groups is 2. The number of phenols is 2. The largest absolute Gasteiger partial charge is 0.507 e. The molecule has 6 N–H and O–H groups in total. The molecule has 0 radical (unpaired) electrons. The number of fused-ring (bicyclic) bond motifs is 2. The zero-order chi connectivity index (χ0) is 27.1. The third kappa shape index (κ3) is 4.93. The van der Waals surface area contributed by atoms with E-state index >= 15 is 0 Å². The Morgan fingerprint density at radius 2 is 1.03 bits per heavy atom. The Kier molecular flexibility index (Phi) is 6.55. The third-order valence-corrected chi connectivity index (χ3v) is 6.28. The van der Waals surface area contributed by atoms with E-state index in [1.807, 2.05) is 0 Å². The highest BCUT2D eigenvalue weighted by Gasteiger charge is 2.54. The first kappa shape index (κ1) is 25.3. The Morgan fingerprint density at radius 1 is 0.658 bits per heavy atom. The highest BCUT2D eigenvalue weighted by molar-refractivity contribution is 6.02. The maximum Gasteiger partial charge on any atom is 0.259 e. The van der Waals surface area contributed by atoms with Crippen molar-refractivity contribution in [1.29, 1.82) is 0 Å². The fraction of sp³-hybridized carbons (Fsp3) is 0.231. The molecule has 4 aliphatic rings. The minimum atomic E-state index is -1.03. The van der Waals surface area contributed by atoms with Crippen LogP contribution in [0.4, 0.5) is 0 Å². The van der Waals surface area contributed by atoms with Crippen molar-refractivity contribution in [2.75, 3.05) is 0 Å². The van der Waals surface area contributed by atoms with Gasteiger partial charge in [0, 0.05) is 12.2 Å². The fourth-order valence-electron chi connectivity index (χ4n) is 4.13. The molecule has 12 nitrogen and oxygen atoms in total. The average Bonchev–Trinajstić information content (AvgIpc) is 3.80. The Bertz CT molecular complexity index is 1290. The van der Waals surface area contributed by atoms with Gasteiger partial charge in [0.2, 0.25) is 0 Å². The molecule has 2 amide bonds. The number of rotatable bonds is 4. The number of para-hydroxylation sites is 2. The normalized spacial score (nSPS) is 28.4. The zero-order valence-corrected chi connectivity index (χ0v) is 19.5. The number of carbonyl (C=O) groups excluding carboxylic acids is 4. The molecule has 2 heterocycles. The molecule has 6 rings (SSSR count). The maximum atomic E-state index is 11.9. The molecule has 0 unspecified atom stereocenters. The number of aliphatic hydroxyl groups excluding tert-OH is 2. The molecule has 2 saturated heterocycles. The van der Waals surface area contributed by atoms with Gasteiger partial charge in [-0.25, -0.2) is 0 Å². The monoisotopic (exact) mass is 522 g/mol. The molecule has 2 aliphatic heterocycles. The quantitative estimate of drug-likeness (QED) is 0.283. The highest BCUT2D eigenvalue weighted by atomic mass is 16.6. The van der Waals surface area contributed by atoms with Gasteiger partial charge in [-0.1, -0.05) is 24.3 Å². The fourth-order valence-corrected chi connectivity index (χ4v) is 4.13. The van der Waals surface area contributed by atoms with Gasteiger partial charge in [-0.2, -0.15) is 0 Å². The molecule has 0 bridgehead atoms. The summed E-state index contributed by atoms with van der Waals surface area (Å²) in [4.78, 5) is 46.8. The summed E-state index contributed by atoms with van der Waals surface area (Å²) < 4.78 is 9.98. The van der Waals surface area contributed by atoms with Crippen molar-refractivity contribution in [2.24, 2.45) is 0 Å². The van der Waals surface area contributed by atoms with Gasteiger partial charge in [0.15, 0.2) is 11.6 Å². The Hall–Kier alpha value is -4.36. The van der Waals surface area contributed by atoms with Crippen molar-refractivity contribution in [3.05, 3.63) is 83.2 Å². The van der Waals surface area contributed by atoms with Gasteiger partial charge in [0.25, 0.3) is 11.8 Å². The molecule has 0 saturated carbocycles. The number of ether oxygens (including phenoxy) is 2. The van der Waals surface area contributed by atoms with Gasteiger partial charge in [-0.3, -0.25) is 19.2 Å². The zero-order valence-electron chi connectivity index (χ0n) is 19.5. The molecule has 6 atom stereocenters. The van der Waals surface area contributed by atoms with Crippen LogP contribution < -0.4 is 10.6 Å². The summed E-state index contributed by atoms with van der Waals surface area (Å²) in [7, 11) is 0. The SMILES string of the molecule is O=C(NC1=CC(=O)[C@@H]2O[C@@H]2[C@@H]1O)c1ccccc1O.O=C(NC1=CC(=O)[C@H]2O[C@H]2[C@H]1O)c1ccccc1O. The van der Waals surface area contributed by atoms with E-state index in [2.05, 4.69) is 10.6 Å². The number of phenolic OH excluding ortho intramolecular Hbond substituents is 2. The minimum absolute atomic E-state index is 0.0712. The first-order valence-corrected chi connectivity index (χ1v) is 11.5. The molecule has 2 fully saturated rings. The summed E-state index contributed by atoms with van der Waals surface area (Å²) in [6, 6.07) is 12.0. The lowest BCUT2D eigenvalue weighted by Gasteiger charge is -2.17. The number of nitrogens with one attached hydrogen (secondary N) is 2. The number of hydrogen-bond donors (Lipinski definition) is 6. The second-order valence-electron chi connectivity index (χ2n) is 8.88. The van der Waals surface area contributed by atoms with Crippen LogP contribution >= 0.6 is 0 Å². The van der Waals surface area contributed by atoms with Gasteiger partial charge in [0.1, 0.15) is 48.1 Å². The lowest BCUT2D eigenvalue weighted by Crippen LogP contribution is -2.37. The predicted octanol–water partition coefficient (Wildman–Crippen LogP) is -0.566. The van der Waals surface area contributed by atoms with Crippen molar-refractivity contribution in [3.63, 3.8) is 0 Å². The summed E-state index contributed by atoms with van der Waals surface area (Å²) in [6.45, 7) is 0. The summed E-state index contributed by atoms with van der Waals surface area (Å²) >= 11 is 0. The van der Waals surface area contributed by atoms with E-state index in [9.17, 15) is 39.6 Å². The third-order valence-electron chi connectivity index (χ3n) is 6.28. The highest BCUT2D eigenvalue weighted by Crippen LogP contribution is 2.34. The lowest BCUT2D eigenvalue weighted by molar-refractivity contribution is -0.116. The van der Waals surface area contributed by atoms with E-state index < -0.39 is 48.4 Å². The Balaban J connectivity index is 0.000000155. The summed E-state index contributed by atoms with van der Waals surface area (Å²) in [5.74, 6) is -2.06. The van der Waals surface area contributed by atoms with E-state index in [1.54, 1.807) is 24.3 Å². The number of benzene rings is 2. The van der Waals surface area contributed by atoms with Gasteiger partial charge >= 0.3 is 0 Å². The minimum Gasteiger partial charge on any atom is -0.507 e. The van der Waals surface area contributed by atoms with Crippen LogP contribution in [0.5, 0.6) is 11.5 Å². The smallest absolute Gasteiger partial charge is 0.259 e. The number of epoxide rings is 2. The van der Waals surface area contributed by atoms with Gasteiger partial charge < -0.3 is 40.5 Å². The topological polar surface area (TPSA) is 198 Å². The lowest BCUT2D eigenvalue weighted by atomic mass is 10.0. The first-order valence-electron chi connectivity index (χ1n) is 11.5. The maximum absolute atomic E-state index is 11.9. The van der Waals surface area contributed by atoms with Crippen molar-refractivity contribution >= 4 is 23.4 Å². The van der Waals surface area contributed by atoms with Crippen LogP contribution in [0.25, 0.3) is 0 Å². The standard InChI is InChI=1S/2C13H11NO5/c2*15-8-4-2-1-3-6(8)13(18)14-7-5-9(16)11-12(19-11)10(7)17/h2*1-5,10-12,15,17H,(H,14,18)/t2*10-,11+,12-/m10/s1. The summed E-state index contributed by atoms with van der Waals surface area (Å²) in [6.07, 6.45) is -2.04. The number of aromatic hydroxyl groups is 2. The van der Waals surface area contributed by atoms with Crippen LogP contribution in [0.2, 0.25) is 0 Å². The second-order valence-corrected chi connectivity index (χ2v) is 8.88. The van der Waals surface area contributed by atoms with Gasteiger partial charge in [0.05, 0.1) is 22.5 Å². The summed E-state index contributed by atoms with van der Waals surface area (Å²) in [5.41, 5.74) is 0.331. The number of hydrogen-bond acceptors (Lipinski definition) is 10. The van der Waals surface area contributed by atoms with Crippen molar-refractivity contribution in [3.8, 4) is 11.5 Å². The predicted molar refractivity (Wildman–Crippen MR) is 127 cm³/mol. The molecular weight excluding hydrogens is 500 g/mol. The molecule has 2 aromatic carbocycles. The Labute approximate surface area is 214 Å². The van der Waals surface area contributed by atoms with E-state index in [-0.39, 0.29) is 45.6 Å². The molecule has 2 aliphatic carbocycles. The molecule has 196 valence electrons. The number of ketones is 2. The van der Waals surface area contributed by atoms with Gasteiger partial charge in [-0.05, 0) is 24.3 Å². The van der Waals surface area contributed by atoms with Gasteiger partial charge in [-0.15, -0.1) is 0 Å². The summed E-state index contributed by atoms with van der Waals surface area (Å²) in [5, 5.41) is 43.6. The van der Waals surface area contributed by atoms with E-state index in [0.29, 0.717) is 0 Å². The molecule has 0 aromatic heterocycles. The molecule has 12 heteroatoms. The van der Waals surface area contributed by atoms with Crippen LogP contribution in [-0.4, -0.2) is 80.4 Å². The number of carbonyl (C=O) groups is 4. The van der Waals surface area contributed by atoms with E-state index in [0.717, 1.165) is 12.2 Å². The second kappa shape index (κ2) is 9.84. The first-order chi connectivity index (χ1) is 18.2. The number of amides is 2. The van der Waals surface area contributed by atoms with Crippen LogP contribution in [0.1, 0.15) is 20.7 Å². The molecular formula is C26H22N2O10.